The van der Waals surface area contributed by atoms with Crippen molar-refractivity contribution >= 4 is 33.2 Å². The van der Waals surface area contributed by atoms with E-state index >= 15 is 0 Å². The molecule has 0 spiro atoms. The van der Waals surface area contributed by atoms with E-state index in [9.17, 15) is 18.5 Å². The van der Waals surface area contributed by atoms with E-state index in [0.29, 0.717) is 26.2 Å². The second kappa shape index (κ2) is 5.92. The van der Waals surface area contributed by atoms with Gasteiger partial charge in [0.05, 0.1) is 4.92 Å². The average Bonchev–Trinajstić information content (AvgIpc) is 2.39. The number of nitrogens with one attached hydrogen (secondary N) is 2. The van der Waals surface area contributed by atoms with Crippen molar-refractivity contribution in [3.63, 3.8) is 0 Å². The van der Waals surface area contributed by atoms with E-state index in [1.54, 1.807) is 0 Å². The van der Waals surface area contributed by atoms with Crippen molar-refractivity contribution in [3.05, 3.63) is 33.3 Å². The quantitative estimate of drug-likeness (QED) is 0.631. The molecular weight excluding hydrogens is 308 g/mol. The normalized spacial score (nSPS) is 16.9. The summed E-state index contributed by atoms with van der Waals surface area (Å²) < 4.78 is 27.8. The zero-order chi connectivity index (χ0) is 14.8. The number of hydrogen-bond acceptors (Lipinski definition) is 5. The predicted molar refractivity (Wildman–Crippen MR) is 75.1 cm³/mol. The molecule has 0 aliphatic carbocycles. The van der Waals surface area contributed by atoms with Crippen LogP contribution in [-0.2, 0) is 10.2 Å². The summed E-state index contributed by atoms with van der Waals surface area (Å²) in [6, 6.07) is 3.72. The molecule has 0 unspecified atom stereocenters. The summed E-state index contributed by atoms with van der Waals surface area (Å²) in [4.78, 5) is 10.2. The van der Waals surface area contributed by atoms with Gasteiger partial charge in [-0.15, -0.1) is 0 Å². The summed E-state index contributed by atoms with van der Waals surface area (Å²) in [7, 11) is -3.83. The third-order valence-corrected chi connectivity index (χ3v) is 4.57. The second-order valence-corrected chi connectivity index (χ2v) is 6.28. The second-order valence-electron chi connectivity index (χ2n) is 4.17. The SMILES string of the molecule is O=[N+]([O-])c1ccc(Cl)cc1NS(=O)(=O)N1CCNCC1. The molecule has 0 radical (unpaired) electrons. The van der Waals surface area contributed by atoms with Crippen LogP contribution in [0.25, 0.3) is 0 Å². The summed E-state index contributed by atoms with van der Waals surface area (Å²) in [5.41, 5.74) is -0.478. The van der Waals surface area contributed by atoms with Crippen LogP contribution in [0.4, 0.5) is 11.4 Å². The van der Waals surface area contributed by atoms with Crippen molar-refractivity contribution in [1.29, 1.82) is 0 Å². The zero-order valence-corrected chi connectivity index (χ0v) is 11.9. The topological polar surface area (TPSA) is 105 Å². The lowest BCUT2D eigenvalue weighted by molar-refractivity contribution is -0.383. The Balaban J connectivity index is 2.28. The first-order valence-corrected chi connectivity index (χ1v) is 7.64. The van der Waals surface area contributed by atoms with Crippen LogP contribution >= 0.6 is 11.6 Å². The van der Waals surface area contributed by atoms with E-state index in [0.717, 1.165) is 6.07 Å². The maximum atomic E-state index is 12.2. The van der Waals surface area contributed by atoms with Crippen LogP contribution in [0, 0.1) is 10.1 Å². The number of piperazine rings is 1. The standard InChI is InChI=1S/C10H13ClN4O4S/c11-8-1-2-10(15(16)17)9(7-8)13-20(18,19)14-5-3-12-4-6-14/h1-2,7,12-13H,3-6H2. The highest BCUT2D eigenvalue weighted by Crippen LogP contribution is 2.28. The van der Waals surface area contributed by atoms with Crippen molar-refractivity contribution in [1.82, 2.24) is 9.62 Å². The lowest BCUT2D eigenvalue weighted by atomic mass is 10.3. The van der Waals surface area contributed by atoms with E-state index < -0.39 is 15.1 Å². The predicted octanol–water partition coefficient (Wildman–Crippen LogP) is 0.810. The minimum atomic E-state index is -3.83. The molecule has 10 heteroatoms. The number of rotatable bonds is 4. The van der Waals surface area contributed by atoms with Crippen LogP contribution in [0.5, 0.6) is 0 Å². The fraction of sp³-hybridized carbons (Fsp3) is 0.400. The molecule has 0 saturated carbocycles. The Hall–Kier alpha value is -1.42. The average molecular weight is 321 g/mol. The molecule has 110 valence electrons. The molecule has 1 aromatic carbocycles. The Morgan fingerprint density at radius 1 is 1.35 bits per heavy atom. The van der Waals surface area contributed by atoms with Crippen molar-refractivity contribution < 1.29 is 13.3 Å². The number of nitrogens with zero attached hydrogens (tertiary/aromatic N) is 2. The molecule has 1 aliphatic rings. The van der Waals surface area contributed by atoms with Gasteiger partial charge in [-0.05, 0) is 12.1 Å². The lowest BCUT2D eigenvalue weighted by Crippen LogP contribution is -2.48. The first kappa shape index (κ1) is 15.0. The molecular formula is C10H13ClN4O4S. The highest BCUT2D eigenvalue weighted by Gasteiger charge is 2.26. The van der Waals surface area contributed by atoms with Crippen LogP contribution < -0.4 is 10.0 Å². The van der Waals surface area contributed by atoms with Crippen molar-refractivity contribution in [2.24, 2.45) is 0 Å². The van der Waals surface area contributed by atoms with Gasteiger partial charge in [-0.1, -0.05) is 11.6 Å². The summed E-state index contributed by atoms with van der Waals surface area (Å²) in [5.74, 6) is 0. The number of benzene rings is 1. The highest BCUT2D eigenvalue weighted by molar-refractivity contribution is 7.90. The molecule has 20 heavy (non-hydrogen) atoms. The summed E-state index contributed by atoms with van der Waals surface area (Å²) in [6.07, 6.45) is 0. The van der Waals surface area contributed by atoms with Gasteiger partial charge in [0.15, 0.2) is 0 Å². The Kier molecular flexibility index (Phi) is 4.43. The number of halogens is 1. The molecule has 1 saturated heterocycles. The first-order chi connectivity index (χ1) is 9.40. The van der Waals surface area contributed by atoms with Gasteiger partial charge < -0.3 is 5.32 Å². The van der Waals surface area contributed by atoms with E-state index in [4.69, 9.17) is 11.6 Å². The number of anilines is 1. The summed E-state index contributed by atoms with van der Waals surface area (Å²) >= 11 is 5.76. The molecule has 1 aromatic rings. The van der Waals surface area contributed by atoms with Gasteiger partial charge >= 0.3 is 10.2 Å². The molecule has 2 N–H and O–H groups in total. The van der Waals surface area contributed by atoms with Gasteiger partial charge in [0, 0.05) is 37.3 Å². The minimum Gasteiger partial charge on any atom is -0.314 e. The molecule has 1 aliphatic heterocycles. The molecule has 8 nitrogen and oxygen atoms in total. The minimum absolute atomic E-state index is 0.138. The smallest absolute Gasteiger partial charge is 0.301 e. The largest absolute Gasteiger partial charge is 0.314 e. The Labute approximate surface area is 121 Å². The van der Waals surface area contributed by atoms with E-state index in [1.807, 2.05) is 0 Å². The third kappa shape index (κ3) is 3.37. The van der Waals surface area contributed by atoms with Crippen LogP contribution in [-0.4, -0.2) is 43.8 Å². The van der Waals surface area contributed by atoms with Gasteiger partial charge in [0.1, 0.15) is 5.69 Å². The van der Waals surface area contributed by atoms with Crippen molar-refractivity contribution in [3.8, 4) is 0 Å². The lowest BCUT2D eigenvalue weighted by Gasteiger charge is -2.26. The molecule has 2 rings (SSSR count). The van der Waals surface area contributed by atoms with Crippen LogP contribution in [0.3, 0.4) is 0 Å². The maximum absolute atomic E-state index is 12.2. The molecule has 0 aromatic heterocycles. The van der Waals surface area contributed by atoms with E-state index in [1.165, 1.54) is 16.4 Å². The van der Waals surface area contributed by atoms with Gasteiger partial charge in [-0.3, -0.25) is 14.8 Å². The van der Waals surface area contributed by atoms with E-state index in [-0.39, 0.29) is 16.4 Å². The number of nitro benzene ring substituents is 1. The Morgan fingerprint density at radius 2 is 2.00 bits per heavy atom. The van der Waals surface area contributed by atoms with Crippen molar-refractivity contribution in [2.45, 2.75) is 0 Å². The Morgan fingerprint density at radius 3 is 2.60 bits per heavy atom. The maximum Gasteiger partial charge on any atom is 0.301 e. The fourth-order valence-corrected chi connectivity index (χ4v) is 3.24. The summed E-state index contributed by atoms with van der Waals surface area (Å²) in [6.45, 7) is 1.70. The van der Waals surface area contributed by atoms with Crippen molar-refractivity contribution in [2.75, 3.05) is 30.9 Å². The zero-order valence-electron chi connectivity index (χ0n) is 10.4. The molecule has 1 heterocycles. The van der Waals surface area contributed by atoms with E-state index in [2.05, 4.69) is 10.0 Å². The van der Waals surface area contributed by atoms with Gasteiger partial charge in [-0.25, -0.2) is 0 Å². The number of nitro groups is 1. The van der Waals surface area contributed by atoms with Gasteiger partial charge in [-0.2, -0.15) is 12.7 Å². The molecule has 0 amide bonds. The first-order valence-electron chi connectivity index (χ1n) is 5.83. The van der Waals surface area contributed by atoms with Crippen LogP contribution in [0.15, 0.2) is 18.2 Å². The summed E-state index contributed by atoms with van der Waals surface area (Å²) in [5, 5.41) is 14.1. The number of hydrogen-bond donors (Lipinski definition) is 2. The molecule has 1 fully saturated rings. The monoisotopic (exact) mass is 320 g/mol. The third-order valence-electron chi connectivity index (χ3n) is 2.81. The van der Waals surface area contributed by atoms with Crippen LogP contribution in [0.1, 0.15) is 0 Å². The molecule has 0 bridgehead atoms. The Bertz CT molecular complexity index is 616. The molecule has 0 atom stereocenters. The fourth-order valence-electron chi connectivity index (χ4n) is 1.84. The highest BCUT2D eigenvalue weighted by atomic mass is 35.5. The van der Waals surface area contributed by atoms with Gasteiger partial charge in [0.25, 0.3) is 5.69 Å². The van der Waals surface area contributed by atoms with Crippen LogP contribution in [0.2, 0.25) is 5.02 Å². The van der Waals surface area contributed by atoms with Gasteiger partial charge in [0.2, 0.25) is 0 Å².